The van der Waals surface area contributed by atoms with Crippen LogP contribution >= 0.6 is 15.9 Å². The van der Waals surface area contributed by atoms with E-state index in [1.54, 1.807) is 21.3 Å². The highest BCUT2D eigenvalue weighted by atomic mass is 79.9. The number of halogens is 1. The van der Waals surface area contributed by atoms with Crippen LogP contribution in [0.4, 0.5) is 0 Å². The van der Waals surface area contributed by atoms with E-state index < -0.39 is 0 Å². The number of hydrogen-bond acceptors (Lipinski definition) is 4. The summed E-state index contributed by atoms with van der Waals surface area (Å²) in [4.78, 5) is 0. The molecule has 0 aliphatic carbocycles. The first-order chi connectivity index (χ1) is 9.22. The van der Waals surface area contributed by atoms with Crippen molar-refractivity contribution in [2.24, 2.45) is 0 Å². The van der Waals surface area contributed by atoms with Gasteiger partial charge in [0.25, 0.3) is 0 Å². The molecule has 2 aromatic carbocycles. The lowest BCUT2D eigenvalue weighted by Gasteiger charge is -2.15. The summed E-state index contributed by atoms with van der Waals surface area (Å²) in [7, 11) is 4.85. The Hall–Kier alpha value is -1.46. The van der Waals surface area contributed by atoms with Gasteiger partial charge in [0.2, 0.25) is 0 Å². The third kappa shape index (κ3) is 2.62. The van der Waals surface area contributed by atoms with Gasteiger partial charge in [-0.3, -0.25) is 0 Å². The molecule has 0 aliphatic heterocycles. The maximum Gasteiger partial charge on any atom is 0.188 e. The van der Waals surface area contributed by atoms with Gasteiger partial charge in [-0.1, -0.05) is 0 Å². The molecule has 0 spiro atoms. The minimum Gasteiger partial charge on any atom is -0.496 e. The zero-order chi connectivity index (χ0) is 13.8. The van der Waals surface area contributed by atoms with Gasteiger partial charge in [-0.2, -0.15) is 0 Å². The molecule has 2 aromatic rings. The van der Waals surface area contributed by atoms with E-state index in [0.717, 1.165) is 26.7 Å². The van der Waals surface area contributed by atoms with Crippen molar-refractivity contribution in [2.75, 3.05) is 28.1 Å². The molecular formula is C14H15BrO4. The molecule has 0 radical (unpaired) electrons. The Morgan fingerprint density at radius 2 is 1.63 bits per heavy atom. The van der Waals surface area contributed by atoms with Crippen molar-refractivity contribution >= 4 is 26.7 Å². The normalized spacial score (nSPS) is 10.5. The van der Waals surface area contributed by atoms with Gasteiger partial charge in [0.15, 0.2) is 6.79 Å². The monoisotopic (exact) mass is 326 g/mol. The summed E-state index contributed by atoms with van der Waals surface area (Å²) >= 11 is 3.48. The van der Waals surface area contributed by atoms with Crippen molar-refractivity contribution in [1.29, 1.82) is 0 Å². The molecule has 19 heavy (non-hydrogen) atoms. The summed E-state index contributed by atoms with van der Waals surface area (Å²) in [6.45, 7) is 0.165. The summed E-state index contributed by atoms with van der Waals surface area (Å²) < 4.78 is 22.2. The second-order valence-electron chi connectivity index (χ2n) is 3.82. The van der Waals surface area contributed by atoms with Gasteiger partial charge >= 0.3 is 0 Å². The molecule has 0 unspecified atom stereocenters. The van der Waals surface area contributed by atoms with E-state index in [1.165, 1.54) is 0 Å². The minimum absolute atomic E-state index is 0.165. The standard InChI is InChI=1S/C14H15BrO4/c1-16-8-19-14-10(15)5-4-9-11(17-2)6-7-12(18-3)13(9)14/h4-7H,8H2,1-3H3. The van der Waals surface area contributed by atoms with E-state index in [2.05, 4.69) is 15.9 Å². The first kappa shape index (κ1) is 14.0. The van der Waals surface area contributed by atoms with Crippen LogP contribution in [-0.4, -0.2) is 28.1 Å². The highest BCUT2D eigenvalue weighted by Gasteiger charge is 2.15. The first-order valence-corrected chi connectivity index (χ1v) is 6.47. The Kier molecular flexibility index (Phi) is 4.50. The van der Waals surface area contributed by atoms with Crippen LogP contribution in [0.3, 0.4) is 0 Å². The topological polar surface area (TPSA) is 36.9 Å². The van der Waals surface area contributed by atoms with E-state index in [0.29, 0.717) is 5.75 Å². The fourth-order valence-electron chi connectivity index (χ4n) is 1.94. The van der Waals surface area contributed by atoms with Crippen LogP contribution in [0.1, 0.15) is 0 Å². The molecule has 0 amide bonds. The SMILES string of the molecule is COCOc1c(Br)ccc2c(OC)ccc(OC)c12. The van der Waals surface area contributed by atoms with Crippen LogP contribution in [0.2, 0.25) is 0 Å². The average molecular weight is 327 g/mol. The Bertz CT molecular complexity index is 583. The van der Waals surface area contributed by atoms with E-state index >= 15 is 0 Å². The molecule has 0 N–H and O–H groups in total. The molecule has 0 bridgehead atoms. The fraction of sp³-hybridized carbons (Fsp3) is 0.286. The summed E-state index contributed by atoms with van der Waals surface area (Å²) in [6, 6.07) is 7.60. The largest absolute Gasteiger partial charge is 0.496 e. The summed E-state index contributed by atoms with van der Waals surface area (Å²) in [6.07, 6.45) is 0. The van der Waals surface area contributed by atoms with Crippen LogP contribution in [0.25, 0.3) is 10.8 Å². The number of rotatable bonds is 5. The number of hydrogen-bond donors (Lipinski definition) is 0. The molecule has 0 saturated heterocycles. The third-order valence-electron chi connectivity index (χ3n) is 2.77. The second-order valence-corrected chi connectivity index (χ2v) is 4.67. The van der Waals surface area contributed by atoms with Crippen molar-refractivity contribution in [3.05, 3.63) is 28.7 Å². The average Bonchev–Trinajstić information content (AvgIpc) is 2.45. The minimum atomic E-state index is 0.165. The van der Waals surface area contributed by atoms with Crippen molar-refractivity contribution in [2.45, 2.75) is 0 Å². The van der Waals surface area contributed by atoms with Gasteiger partial charge in [-0.15, -0.1) is 0 Å². The predicted molar refractivity (Wildman–Crippen MR) is 77.3 cm³/mol. The number of methoxy groups -OCH3 is 3. The highest BCUT2D eigenvalue weighted by molar-refractivity contribution is 9.10. The number of benzene rings is 2. The zero-order valence-electron chi connectivity index (χ0n) is 11.0. The van der Waals surface area contributed by atoms with Gasteiger partial charge in [0.1, 0.15) is 17.2 Å². The Morgan fingerprint density at radius 1 is 0.947 bits per heavy atom. The summed E-state index contributed by atoms with van der Waals surface area (Å²) in [5.74, 6) is 2.17. The lowest BCUT2D eigenvalue weighted by Crippen LogP contribution is -2.01. The highest BCUT2D eigenvalue weighted by Crippen LogP contribution is 2.42. The predicted octanol–water partition coefficient (Wildman–Crippen LogP) is 3.60. The van der Waals surface area contributed by atoms with Crippen LogP contribution in [0.5, 0.6) is 17.2 Å². The molecule has 0 heterocycles. The summed E-state index contributed by atoms with van der Waals surface area (Å²) in [5.41, 5.74) is 0. The van der Waals surface area contributed by atoms with Gasteiger partial charge < -0.3 is 18.9 Å². The Balaban J connectivity index is 2.73. The van der Waals surface area contributed by atoms with Gasteiger partial charge in [-0.25, -0.2) is 0 Å². The van der Waals surface area contributed by atoms with Crippen molar-refractivity contribution in [3.63, 3.8) is 0 Å². The molecule has 0 atom stereocenters. The molecule has 102 valence electrons. The van der Waals surface area contributed by atoms with Crippen molar-refractivity contribution < 1.29 is 18.9 Å². The molecule has 0 saturated carbocycles. The molecule has 0 aliphatic rings. The van der Waals surface area contributed by atoms with Crippen LogP contribution in [0, 0.1) is 0 Å². The Morgan fingerprint density at radius 3 is 2.26 bits per heavy atom. The fourth-order valence-corrected chi connectivity index (χ4v) is 2.38. The second kappa shape index (κ2) is 6.12. The van der Waals surface area contributed by atoms with Gasteiger partial charge in [0, 0.05) is 12.5 Å². The van der Waals surface area contributed by atoms with E-state index in [-0.39, 0.29) is 6.79 Å². The maximum atomic E-state index is 5.64. The Labute approximate surface area is 120 Å². The molecule has 0 fully saturated rings. The third-order valence-corrected chi connectivity index (χ3v) is 3.39. The lowest BCUT2D eigenvalue weighted by molar-refractivity contribution is 0.0516. The maximum absolute atomic E-state index is 5.64. The lowest BCUT2D eigenvalue weighted by atomic mass is 10.1. The smallest absolute Gasteiger partial charge is 0.188 e. The van der Waals surface area contributed by atoms with E-state index in [9.17, 15) is 0 Å². The first-order valence-electron chi connectivity index (χ1n) is 5.67. The van der Waals surface area contributed by atoms with Crippen molar-refractivity contribution in [3.8, 4) is 17.2 Å². The van der Waals surface area contributed by atoms with Gasteiger partial charge in [-0.05, 0) is 40.2 Å². The van der Waals surface area contributed by atoms with Gasteiger partial charge in [0.05, 0.1) is 24.1 Å². The number of ether oxygens (including phenoxy) is 4. The van der Waals surface area contributed by atoms with Crippen LogP contribution < -0.4 is 14.2 Å². The van der Waals surface area contributed by atoms with E-state index in [1.807, 2.05) is 24.3 Å². The molecule has 4 nitrogen and oxygen atoms in total. The molecule has 5 heteroatoms. The zero-order valence-corrected chi connectivity index (χ0v) is 12.6. The van der Waals surface area contributed by atoms with Crippen molar-refractivity contribution in [1.82, 2.24) is 0 Å². The molecular weight excluding hydrogens is 312 g/mol. The molecule has 2 rings (SSSR count). The number of fused-ring (bicyclic) bond motifs is 1. The molecule has 0 aromatic heterocycles. The quantitative estimate of drug-likeness (QED) is 0.787. The van der Waals surface area contributed by atoms with E-state index in [4.69, 9.17) is 18.9 Å². The summed E-state index contributed by atoms with van der Waals surface area (Å²) in [5, 5.41) is 1.78. The van der Waals surface area contributed by atoms with Crippen LogP contribution in [-0.2, 0) is 4.74 Å². The van der Waals surface area contributed by atoms with Crippen LogP contribution in [0.15, 0.2) is 28.7 Å².